The number of nitrogens with one attached hydrogen (secondary N) is 1. The predicted octanol–water partition coefficient (Wildman–Crippen LogP) is 3.75. The van der Waals surface area contributed by atoms with Gasteiger partial charge in [-0.1, -0.05) is 11.6 Å². The largest absolute Gasteiger partial charge is 0.573 e. The van der Waals surface area contributed by atoms with Crippen LogP contribution in [0.3, 0.4) is 0 Å². The number of likely N-dealkylation sites (tertiary alicyclic amines) is 2. The number of benzene rings is 1. The van der Waals surface area contributed by atoms with E-state index in [0.717, 1.165) is 12.1 Å². The highest BCUT2D eigenvalue weighted by molar-refractivity contribution is 6.31. The lowest BCUT2D eigenvalue weighted by atomic mass is 9.88. The van der Waals surface area contributed by atoms with Gasteiger partial charge in [-0.25, -0.2) is 4.79 Å². The molecule has 1 aromatic rings. The first-order valence-corrected chi connectivity index (χ1v) is 11.9. The van der Waals surface area contributed by atoms with E-state index in [-0.39, 0.29) is 36.1 Å². The minimum absolute atomic E-state index is 0.00607. The van der Waals surface area contributed by atoms with Gasteiger partial charge >= 0.3 is 12.5 Å². The first kappa shape index (κ1) is 27.7. The maximum absolute atomic E-state index is 13.4. The molecule has 0 aromatic heterocycles. The second-order valence-corrected chi connectivity index (χ2v) is 10.3. The second-order valence-electron chi connectivity index (χ2n) is 9.89. The number of anilines is 1. The Kier molecular flexibility index (Phi) is 8.17. The number of carbonyl (C=O) groups is 3. The van der Waals surface area contributed by atoms with Gasteiger partial charge < -0.3 is 30.3 Å². The Hall–Kier alpha value is -2.89. The minimum Gasteiger partial charge on any atom is -0.444 e. The van der Waals surface area contributed by atoms with Crippen LogP contribution in [0.5, 0.6) is 5.75 Å². The smallest absolute Gasteiger partial charge is 0.444 e. The lowest BCUT2D eigenvalue weighted by Gasteiger charge is -2.45. The van der Waals surface area contributed by atoms with Crippen LogP contribution in [0.15, 0.2) is 18.2 Å². The van der Waals surface area contributed by atoms with Crippen molar-refractivity contribution in [2.75, 3.05) is 25.0 Å². The second kappa shape index (κ2) is 10.6. The van der Waals surface area contributed by atoms with E-state index >= 15 is 0 Å². The highest BCUT2D eigenvalue weighted by Crippen LogP contribution is 2.32. The number of nitrogens with two attached hydrogens (primary N) is 1. The Morgan fingerprint density at radius 3 is 2.44 bits per heavy atom. The number of hydrogen-bond donors (Lipinski definition) is 2. The lowest BCUT2D eigenvalue weighted by molar-refractivity contribution is -0.274. The molecule has 0 bridgehead atoms. The maximum Gasteiger partial charge on any atom is 0.573 e. The summed E-state index contributed by atoms with van der Waals surface area (Å²) in [6, 6.07) is 2.04. The number of nitrogens with zero attached hydrogens (tertiary/aromatic N) is 2. The zero-order valence-corrected chi connectivity index (χ0v) is 21.0. The zero-order chi connectivity index (χ0) is 26.8. The van der Waals surface area contributed by atoms with Gasteiger partial charge in [0.15, 0.2) is 0 Å². The summed E-state index contributed by atoms with van der Waals surface area (Å²) in [4.78, 5) is 41.2. The molecule has 2 aliphatic rings. The molecule has 3 atom stereocenters. The molecule has 0 spiro atoms. The van der Waals surface area contributed by atoms with Crippen LogP contribution in [0.25, 0.3) is 0 Å². The molecule has 2 aliphatic heterocycles. The molecule has 3 N–H and O–H groups in total. The average Bonchev–Trinajstić information content (AvgIpc) is 2.72. The van der Waals surface area contributed by atoms with Crippen molar-refractivity contribution in [1.29, 1.82) is 0 Å². The minimum atomic E-state index is -4.90. The quantitative estimate of drug-likeness (QED) is 0.594. The van der Waals surface area contributed by atoms with Gasteiger partial charge in [0.2, 0.25) is 11.8 Å². The summed E-state index contributed by atoms with van der Waals surface area (Å²) in [5.41, 5.74) is 5.09. The standard InChI is InChI=1S/C23H30ClF3N4O5/c1-22(2,3)36-21(34)30-8-6-16(19(28)32)18(12-30)31-7-4-5-17(20(31)33)29-14-9-13(24)10-15(11-14)35-23(25,26)27/h9-11,16-18,29H,4-8,12H2,1-3H3,(H2,28,32)/t16-,17?,18-/m0/s1. The van der Waals surface area contributed by atoms with E-state index in [0.29, 0.717) is 19.4 Å². The lowest BCUT2D eigenvalue weighted by Crippen LogP contribution is -2.62. The molecule has 0 aliphatic carbocycles. The van der Waals surface area contributed by atoms with E-state index in [1.807, 2.05) is 0 Å². The van der Waals surface area contributed by atoms with Gasteiger partial charge in [-0.05, 0) is 52.2 Å². The first-order chi connectivity index (χ1) is 16.6. The van der Waals surface area contributed by atoms with Crippen molar-refractivity contribution in [2.45, 2.75) is 64.1 Å². The third-order valence-corrected chi connectivity index (χ3v) is 6.14. The van der Waals surface area contributed by atoms with Gasteiger partial charge in [-0.2, -0.15) is 0 Å². The summed E-state index contributed by atoms with van der Waals surface area (Å²) >= 11 is 5.95. The van der Waals surface area contributed by atoms with Gasteiger partial charge in [0, 0.05) is 36.4 Å². The number of halogens is 4. The Labute approximate surface area is 212 Å². The molecule has 13 heteroatoms. The molecule has 9 nitrogen and oxygen atoms in total. The predicted molar refractivity (Wildman–Crippen MR) is 125 cm³/mol. The number of ether oxygens (including phenoxy) is 2. The van der Waals surface area contributed by atoms with Crippen LogP contribution in [0.2, 0.25) is 5.02 Å². The van der Waals surface area contributed by atoms with Crippen molar-refractivity contribution in [3.63, 3.8) is 0 Å². The highest BCUT2D eigenvalue weighted by Gasteiger charge is 2.43. The molecule has 1 unspecified atom stereocenters. The summed E-state index contributed by atoms with van der Waals surface area (Å²) in [7, 11) is 0. The van der Waals surface area contributed by atoms with Gasteiger partial charge in [0.1, 0.15) is 17.4 Å². The summed E-state index contributed by atoms with van der Waals surface area (Å²) in [5, 5.41) is 2.93. The van der Waals surface area contributed by atoms with Crippen molar-refractivity contribution in [3.8, 4) is 5.75 Å². The summed E-state index contributed by atoms with van der Waals surface area (Å²) < 4.78 is 47.3. The number of carbonyl (C=O) groups excluding carboxylic acids is 3. The molecule has 0 radical (unpaired) electrons. The van der Waals surface area contributed by atoms with Crippen molar-refractivity contribution < 1.29 is 37.0 Å². The van der Waals surface area contributed by atoms with Crippen molar-refractivity contribution in [1.82, 2.24) is 9.80 Å². The molecule has 2 fully saturated rings. The third-order valence-electron chi connectivity index (χ3n) is 5.92. The topological polar surface area (TPSA) is 114 Å². The molecule has 36 heavy (non-hydrogen) atoms. The number of hydrogen-bond acceptors (Lipinski definition) is 6. The fourth-order valence-electron chi connectivity index (χ4n) is 4.47. The molecule has 2 saturated heterocycles. The number of alkyl halides is 3. The molecule has 1 aromatic carbocycles. The fraction of sp³-hybridized carbons (Fsp3) is 0.609. The van der Waals surface area contributed by atoms with Crippen LogP contribution in [0.1, 0.15) is 40.0 Å². The molecule has 3 amide bonds. The molecular weight excluding hydrogens is 505 g/mol. The Balaban J connectivity index is 1.78. The number of piperidine rings is 2. The van der Waals surface area contributed by atoms with Gasteiger partial charge in [0.05, 0.1) is 12.0 Å². The third kappa shape index (κ3) is 7.31. The van der Waals surface area contributed by atoms with E-state index in [1.165, 1.54) is 15.9 Å². The summed E-state index contributed by atoms with van der Waals surface area (Å²) in [6.45, 7) is 5.89. The fourth-order valence-corrected chi connectivity index (χ4v) is 4.70. The normalized spacial score (nSPS) is 23.3. The first-order valence-electron chi connectivity index (χ1n) is 11.5. The van der Waals surface area contributed by atoms with Gasteiger partial charge in [0.25, 0.3) is 0 Å². The molecular formula is C23H30ClF3N4O5. The summed E-state index contributed by atoms with van der Waals surface area (Å²) in [6.07, 6.45) is -4.21. The molecule has 0 saturated carbocycles. The summed E-state index contributed by atoms with van der Waals surface area (Å²) in [5.74, 6) is -2.12. The van der Waals surface area contributed by atoms with E-state index in [2.05, 4.69) is 10.1 Å². The molecule has 2 heterocycles. The molecule has 200 valence electrons. The Morgan fingerprint density at radius 1 is 1.14 bits per heavy atom. The van der Waals surface area contributed by atoms with Crippen LogP contribution in [0.4, 0.5) is 23.7 Å². The van der Waals surface area contributed by atoms with Crippen molar-refractivity contribution >= 4 is 35.2 Å². The Bertz CT molecular complexity index is 1000. The van der Waals surface area contributed by atoms with E-state index in [9.17, 15) is 27.6 Å². The Morgan fingerprint density at radius 2 is 1.83 bits per heavy atom. The van der Waals surface area contributed by atoms with E-state index in [4.69, 9.17) is 22.1 Å². The van der Waals surface area contributed by atoms with E-state index in [1.54, 1.807) is 20.8 Å². The zero-order valence-electron chi connectivity index (χ0n) is 20.2. The monoisotopic (exact) mass is 534 g/mol. The number of amides is 3. The van der Waals surface area contributed by atoms with Crippen LogP contribution in [0, 0.1) is 5.92 Å². The van der Waals surface area contributed by atoms with Gasteiger partial charge in [-0.3, -0.25) is 9.59 Å². The number of primary amides is 1. The molecule has 3 rings (SSSR count). The number of rotatable bonds is 5. The SMILES string of the molecule is CC(C)(C)OC(=O)N1CC[C@H](C(N)=O)[C@@H](N2CCCC(Nc3cc(Cl)cc(OC(F)(F)F)c3)C2=O)C1. The van der Waals surface area contributed by atoms with Crippen LogP contribution < -0.4 is 15.8 Å². The van der Waals surface area contributed by atoms with Crippen molar-refractivity contribution in [3.05, 3.63) is 23.2 Å². The van der Waals surface area contributed by atoms with Crippen LogP contribution in [-0.2, 0) is 14.3 Å². The van der Waals surface area contributed by atoms with Crippen LogP contribution >= 0.6 is 11.6 Å². The highest BCUT2D eigenvalue weighted by atomic mass is 35.5. The van der Waals surface area contributed by atoms with Gasteiger partial charge in [-0.15, -0.1) is 13.2 Å². The average molecular weight is 535 g/mol. The maximum atomic E-state index is 13.4. The van der Waals surface area contributed by atoms with Crippen molar-refractivity contribution in [2.24, 2.45) is 11.7 Å². The van der Waals surface area contributed by atoms with Crippen LogP contribution in [-0.4, -0.2) is 71.4 Å². The van der Waals surface area contributed by atoms with E-state index < -0.39 is 47.7 Å².